The Balaban J connectivity index is 0.00000353. The van der Waals surface area contributed by atoms with Crippen molar-refractivity contribution in [2.75, 3.05) is 0 Å². The van der Waals surface area contributed by atoms with E-state index in [1.807, 2.05) is 65.2 Å². The monoisotopic (exact) mass is 587 g/mol. The standard InChI is InChI=1S/C32H32N6O3.K/c1-4-7-28-27(30(39)37(31-33-19-34-38(28)31)24-16-14-22(15-17-24)20(2)3)18-21-10-12-23(13-11-21)25-8-5-6-9-26(25)29-35-32(40)41-36-29;/h5-6,8-17,19-20,32,40H,4,7,18H2,1-3H3,(H,35,36);/q;+1. The van der Waals surface area contributed by atoms with Crippen LogP contribution in [0.4, 0.5) is 0 Å². The second-order valence-electron chi connectivity index (χ2n) is 10.5. The van der Waals surface area contributed by atoms with Crippen LogP contribution in [0.2, 0.25) is 0 Å². The van der Waals surface area contributed by atoms with E-state index < -0.39 is 6.41 Å². The third-order valence-corrected chi connectivity index (χ3v) is 7.43. The molecule has 10 heteroatoms. The Kier molecular flexibility index (Phi) is 9.53. The van der Waals surface area contributed by atoms with E-state index in [4.69, 9.17) is 4.84 Å². The number of aromatic nitrogens is 4. The van der Waals surface area contributed by atoms with E-state index in [1.54, 1.807) is 4.57 Å². The Morgan fingerprint density at radius 3 is 2.36 bits per heavy atom. The van der Waals surface area contributed by atoms with Crippen LogP contribution in [-0.4, -0.2) is 36.5 Å². The van der Waals surface area contributed by atoms with Gasteiger partial charge in [0.05, 0.1) is 11.4 Å². The first-order chi connectivity index (χ1) is 19.9. The van der Waals surface area contributed by atoms with E-state index in [9.17, 15) is 9.90 Å². The molecule has 0 aliphatic carbocycles. The molecule has 208 valence electrons. The van der Waals surface area contributed by atoms with Crippen molar-refractivity contribution < 1.29 is 61.3 Å². The summed E-state index contributed by atoms with van der Waals surface area (Å²) >= 11 is 0. The summed E-state index contributed by atoms with van der Waals surface area (Å²) in [7, 11) is 0. The molecule has 1 atom stereocenters. The van der Waals surface area contributed by atoms with Gasteiger partial charge in [-0.1, -0.05) is 87.9 Å². The molecule has 3 aromatic carbocycles. The van der Waals surface area contributed by atoms with Crippen LogP contribution >= 0.6 is 0 Å². The molecule has 0 radical (unpaired) electrons. The van der Waals surface area contributed by atoms with Gasteiger partial charge in [0, 0.05) is 17.5 Å². The number of benzene rings is 3. The van der Waals surface area contributed by atoms with Crippen LogP contribution in [0.15, 0.2) is 88.9 Å². The van der Waals surface area contributed by atoms with Crippen LogP contribution in [-0.2, 0) is 17.7 Å². The van der Waals surface area contributed by atoms with Gasteiger partial charge >= 0.3 is 51.4 Å². The number of nitrogens with zero attached hydrogens (tertiary/aromatic N) is 5. The van der Waals surface area contributed by atoms with Gasteiger partial charge in [0.1, 0.15) is 6.33 Å². The van der Waals surface area contributed by atoms with Crippen molar-refractivity contribution in [3.63, 3.8) is 0 Å². The molecule has 9 nitrogen and oxygen atoms in total. The summed E-state index contributed by atoms with van der Waals surface area (Å²) < 4.78 is 3.48. The van der Waals surface area contributed by atoms with Crippen molar-refractivity contribution in [3.8, 4) is 16.8 Å². The fourth-order valence-corrected chi connectivity index (χ4v) is 5.31. The number of aliphatic hydroxyl groups excluding tert-OH is 1. The zero-order valence-electron chi connectivity index (χ0n) is 24.3. The number of aryl methyl sites for hydroxylation is 1. The van der Waals surface area contributed by atoms with Gasteiger partial charge in [-0.2, -0.15) is 10.1 Å². The topological polar surface area (TPSA) is 106 Å². The van der Waals surface area contributed by atoms with E-state index >= 15 is 0 Å². The number of hydrogen-bond acceptors (Lipinski definition) is 7. The zero-order chi connectivity index (χ0) is 28.5. The average Bonchev–Trinajstić information content (AvgIpc) is 3.65. The molecule has 2 aromatic heterocycles. The Morgan fingerprint density at radius 1 is 1.00 bits per heavy atom. The van der Waals surface area contributed by atoms with E-state index in [0.717, 1.165) is 40.1 Å². The molecule has 42 heavy (non-hydrogen) atoms. The summed E-state index contributed by atoms with van der Waals surface area (Å²) in [5.41, 5.74) is 9.96. The molecule has 0 fully saturated rings. The van der Waals surface area contributed by atoms with Crippen LogP contribution in [0.25, 0.3) is 22.6 Å². The minimum absolute atomic E-state index is 0. The van der Waals surface area contributed by atoms with Gasteiger partial charge < -0.3 is 5.11 Å². The van der Waals surface area contributed by atoms with Crippen molar-refractivity contribution in [3.05, 3.63) is 117 Å². The molecule has 6 rings (SSSR count). The molecule has 5 aromatic rings. The SMILES string of the molecule is CCCc1c(Cc2ccc(-c3ccccc3C3=NC(O)ON3)cc2)c(=O)n(-c2ccc(C(C)C)cc2)c2ncnn12.[K+]. The number of rotatable bonds is 8. The van der Waals surface area contributed by atoms with Gasteiger partial charge in [-0.25, -0.2) is 24.4 Å². The molecule has 2 N–H and O–H groups in total. The molecule has 1 aliphatic heterocycles. The number of aliphatic imine (C=N–C) groups is 1. The second-order valence-corrected chi connectivity index (χ2v) is 10.5. The third-order valence-electron chi connectivity index (χ3n) is 7.43. The van der Waals surface area contributed by atoms with E-state index in [2.05, 4.69) is 53.5 Å². The summed E-state index contributed by atoms with van der Waals surface area (Å²) in [6.45, 7) is 6.40. The molecule has 1 aliphatic rings. The molecule has 3 heterocycles. The average molecular weight is 588 g/mol. The van der Waals surface area contributed by atoms with E-state index in [-0.39, 0.29) is 56.9 Å². The van der Waals surface area contributed by atoms with Gasteiger partial charge in [-0.05, 0) is 46.7 Å². The van der Waals surface area contributed by atoms with Crippen molar-refractivity contribution in [2.45, 2.75) is 52.4 Å². The maximum absolute atomic E-state index is 14.1. The first-order valence-corrected chi connectivity index (χ1v) is 13.9. The second kappa shape index (κ2) is 13.1. The Labute approximate surface area is 286 Å². The van der Waals surface area contributed by atoms with Crippen molar-refractivity contribution in [1.29, 1.82) is 0 Å². The molecule has 0 bridgehead atoms. The zero-order valence-corrected chi connectivity index (χ0v) is 27.4. The van der Waals surface area contributed by atoms with Crippen LogP contribution in [0.5, 0.6) is 0 Å². The first-order valence-electron chi connectivity index (χ1n) is 13.9. The fraction of sp³-hybridized carbons (Fsp3) is 0.250. The van der Waals surface area contributed by atoms with E-state index in [1.165, 1.54) is 11.9 Å². The number of aliphatic hydroxyl groups is 1. The first kappa shape index (κ1) is 30.5. The number of fused-ring (bicyclic) bond motifs is 1. The predicted octanol–water partition coefficient (Wildman–Crippen LogP) is 1.78. The minimum atomic E-state index is -1.22. The number of amidine groups is 1. The molecule has 0 spiro atoms. The maximum atomic E-state index is 14.1. The quantitative estimate of drug-likeness (QED) is 0.268. The molecule has 0 saturated heterocycles. The smallest absolute Gasteiger partial charge is 0.348 e. The molecule has 1 unspecified atom stereocenters. The van der Waals surface area contributed by atoms with Crippen LogP contribution in [0.1, 0.15) is 61.1 Å². The number of nitrogens with one attached hydrogen (secondary N) is 1. The number of hydroxylamine groups is 1. The van der Waals surface area contributed by atoms with Crippen LogP contribution in [0.3, 0.4) is 0 Å². The van der Waals surface area contributed by atoms with Crippen molar-refractivity contribution in [1.82, 2.24) is 24.6 Å². The van der Waals surface area contributed by atoms with Crippen LogP contribution in [0, 0.1) is 0 Å². The predicted molar refractivity (Wildman–Crippen MR) is 158 cm³/mol. The van der Waals surface area contributed by atoms with Gasteiger partial charge in [0.2, 0.25) is 5.78 Å². The van der Waals surface area contributed by atoms with Gasteiger partial charge in [0.25, 0.3) is 12.0 Å². The van der Waals surface area contributed by atoms with Gasteiger partial charge in [-0.15, -0.1) is 0 Å². The molecule has 0 amide bonds. The summed E-state index contributed by atoms with van der Waals surface area (Å²) in [5, 5.41) is 14.2. The Morgan fingerprint density at radius 2 is 1.71 bits per heavy atom. The summed E-state index contributed by atoms with van der Waals surface area (Å²) in [5.74, 6) is 1.39. The summed E-state index contributed by atoms with van der Waals surface area (Å²) in [6.07, 6.45) is 2.34. The minimum Gasteiger partial charge on any atom is -0.348 e. The molecular formula is C32H32KN6O3+. The maximum Gasteiger partial charge on any atom is 1.00 e. The summed E-state index contributed by atoms with van der Waals surface area (Å²) in [6, 6.07) is 24.1. The van der Waals surface area contributed by atoms with E-state index in [0.29, 0.717) is 35.9 Å². The summed E-state index contributed by atoms with van der Waals surface area (Å²) in [4.78, 5) is 27.7. The normalized spacial score (nSPS) is 14.6. The fourth-order valence-electron chi connectivity index (χ4n) is 5.31. The number of hydrogen-bond donors (Lipinski definition) is 2. The molecular weight excluding hydrogens is 555 g/mol. The largest absolute Gasteiger partial charge is 1.00 e. The van der Waals surface area contributed by atoms with Gasteiger partial charge in [-0.3, -0.25) is 4.79 Å². The van der Waals surface area contributed by atoms with Crippen molar-refractivity contribution >= 4 is 11.6 Å². The molecule has 0 saturated carbocycles. The third kappa shape index (κ3) is 5.93. The van der Waals surface area contributed by atoms with Gasteiger partial charge in [0.15, 0.2) is 5.84 Å². The Hall–Kier alpha value is -2.96. The van der Waals surface area contributed by atoms with Crippen LogP contribution < -0.4 is 62.4 Å². The Bertz CT molecular complexity index is 1790. The van der Waals surface area contributed by atoms with Crippen molar-refractivity contribution in [2.24, 2.45) is 4.99 Å².